The molecule has 4 rings (SSSR count). The molecule has 0 saturated carbocycles. The Kier molecular flexibility index (Phi) is 5.55. The molecule has 0 aliphatic heterocycles. The van der Waals surface area contributed by atoms with Crippen LogP contribution in [0.25, 0.3) is 21.8 Å². The number of nitrogens with one attached hydrogen (secondary N) is 2. The number of ether oxygens (including phenoxy) is 2. The molecule has 0 spiro atoms. The first-order chi connectivity index (χ1) is 14.9. The molecule has 0 fully saturated rings. The normalized spacial score (nSPS) is 11.2. The van der Waals surface area contributed by atoms with Crippen molar-refractivity contribution in [3.8, 4) is 0 Å². The second-order valence-electron chi connectivity index (χ2n) is 7.60. The van der Waals surface area contributed by atoms with E-state index in [1.165, 1.54) is 0 Å². The molecule has 0 aliphatic rings. The SMILES string of the molecule is CCOC(=O)c1ccc2[nH]c(Cc3[nH]c4ccc(C(=O)OCC)cc4c3C)c(C)c2c1. The first kappa shape index (κ1) is 20.7. The fourth-order valence-electron chi connectivity index (χ4n) is 3.98. The molecule has 31 heavy (non-hydrogen) atoms. The predicted molar refractivity (Wildman–Crippen MR) is 121 cm³/mol. The van der Waals surface area contributed by atoms with Gasteiger partial charge in [-0.15, -0.1) is 0 Å². The molecular weight excluding hydrogens is 392 g/mol. The largest absolute Gasteiger partial charge is 0.462 e. The van der Waals surface area contributed by atoms with Crippen molar-refractivity contribution in [3.05, 3.63) is 70.0 Å². The molecule has 2 aromatic carbocycles. The zero-order chi connectivity index (χ0) is 22.1. The van der Waals surface area contributed by atoms with E-state index in [4.69, 9.17) is 9.47 Å². The lowest BCUT2D eigenvalue weighted by molar-refractivity contribution is 0.0517. The summed E-state index contributed by atoms with van der Waals surface area (Å²) in [5.74, 6) is -0.620. The van der Waals surface area contributed by atoms with Crippen LogP contribution in [-0.4, -0.2) is 35.1 Å². The van der Waals surface area contributed by atoms with Crippen LogP contribution in [0.3, 0.4) is 0 Å². The van der Waals surface area contributed by atoms with Crippen LogP contribution < -0.4 is 0 Å². The Morgan fingerprint density at radius 3 is 1.55 bits per heavy atom. The third-order valence-electron chi connectivity index (χ3n) is 5.70. The lowest BCUT2D eigenvalue weighted by Gasteiger charge is -2.02. The highest BCUT2D eigenvalue weighted by molar-refractivity contribution is 5.97. The minimum atomic E-state index is -0.310. The monoisotopic (exact) mass is 418 g/mol. The van der Waals surface area contributed by atoms with Crippen molar-refractivity contribution >= 4 is 33.7 Å². The maximum Gasteiger partial charge on any atom is 0.338 e. The van der Waals surface area contributed by atoms with E-state index in [2.05, 4.69) is 23.8 Å². The van der Waals surface area contributed by atoms with Crippen molar-refractivity contribution in [1.29, 1.82) is 0 Å². The van der Waals surface area contributed by atoms with Crippen LogP contribution in [-0.2, 0) is 15.9 Å². The summed E-state index contributed by atoms with van der Waals surface area (Å²) >= 11 is 0. The third kappa shape index (κ3) is 3.81. The molecule has 2 N–H and O–H groups in total. The quantitative estimate of drug-likeness (QED) is 0.421. The Hall–Kier alpha value is -3.54. The number of benzene rings is 2. The third-order valence-corrected chi connectivity index (χ3v) is 5.70. The van der Waals surface area contributed by atoms with Crippen LogP contribution in [0.2, 0.25) is 0 Å². The van der Waals surface area contributed by atoms with Gasteiger partial charge in [-0.1, -0.05) is 0 Å². The van der Waals surface area contributed by atoms with Gasteiger partial charge in [-0.25, -0.2) is 9.59 Å². The zero-order valence-corrected chi connectivity index (χ0v) is 18.2. The molecule has 0 atom stereocenters. The van der Waals surface area contributed by atoms with Crippen LogP contribution in [0.1, 0.15) is 57.1 Å². The Labute approximate surface area is 180 Å². The van der Waals surface area contributed by atoms with Crippen LogP contribution in [0.15, 0.2) is 36.4 Å². The van der Waals surface area contributed by atoms with Crippen molar-refractivity contribution in [2.45, 2.75) is 34.1 Å². The molecule has 0 aliphatic carbocycles. The number of hydrogen-bond acceptors (Lipinski definition) is 4. The van der Waals surface area contributed by atoms with Gasteiger partial charge >= 0.3 is 11.9 Å². The van der Waals surface area contributed by atoms with Gasteiger partial charge in [0.15, 0.2) is 0 Å². The van der Waals surface area contributed by atoms with Gasteiger partial charge in [0, 0.05) is 39.6 Å². The van der Waals surface area contributed by atoms with Gasteiger partial charge in [-0.05, 0) is 75.2 Å². The number of rotatable bonds is 6. The van der Waals surface area contributed by atoms with E-state index in [0.717, 1.165) is 44.3 Å². The van der Waals surface area contributed by atoms with Crippen molar-refractivity contribution in [2.24, 2.45) is 0 Å². The van der Waals surface area contributed by atoms with Gasteiger partial charge < -0.3 is 19.4 Å². The van der Waals surface area contributed by atoms with E-state index in [9.17, 15) is 9.59 Å². The van der Waals surface area contributed by atoms with Gasteiger partial charge in [0.25, 0.3) is 0 Å². The highest BCUT2D eigenvalue weighted by Gasteiger charge is 2.16. The second kappa shape index (κ2) is 8.30. The summed E-state index contributed by atoms with van der Waals surface area (Å²) in [7, 11) is 0. The number of H-pyrrole nitrogens is 2. The number of aryl methyl sites for hydroxylation is 2. The first-order valence-electron chi connectivity index (χ1n) is 10.5. The van der Waals surface area contributed by atoms with Crippen LogP contribution in [0, 0.1) is 13.8 Å². The summed E-state index contributed by atoms with van der Waals surface area (Å²) in [5.41, 5.74) is 7.44. The fraction of sp³-hybridized carbons (Fsp3) is 0.280. The Morgan fingerprint density at radius 2 is 1.16 bits per heavy atom. The summed E-state index contributed by atoms with van der Waals surface area (Å²) in [6.45, 7) is 8.42. The van der Waals surface area contributed by atoms with Crippen molar-refractivity contribution < 1.29 is 19.1 Å². The molecule has 0 bridgehead atoms. The zero-order valence-electron chi connectivity index (χ0n) is 18.2. The summed E-state index contributed by atoms with van der Waals surface area (Å²) < 4.78 is 10.2. The highest BCUT2D eigenvalue weighted by Crippen LogP contribution is 2.29. The minimum absolute atomic E-state index is 0.310. The predicted octanol–water partition coefficient (Wildman–Crippen LogP) is 5.21. The topological polar surface area (TPSA) is 84.2 Å². The van der Waals surface area contributed by atoms with Gasteiger partial charge in [0.2, 0.25) is 0 Å². The number of fused-ring (bicyclic) bond motifs is 2. The molecule has 0 radical (unpaired) electrons. The van der Waals surface area contributed by atoms with E-state index in [0.29, 0.717) is 30.8 Å². The summed E-state index contributed by atoms with van der Waals surface area (Å²) in [5, 5.41) is 2.03. The van der Waals surface area contributed by atoms with E-state index >= 15 is 0 Å². The van der Waals surface area contributed by atoms with Crippen molar-refractivity contribution in [2.75, 3.05) is 13.2 Å². The Bertz CT molecular complexity index is 1200. The lowest BCUT2D eigenvalue weighted by Crippen LogP contribution is -2.04. The van der Waals surface area contributed by atoms with Crippen LogP contribution >= 0.6 is 0 Å². The molecule has 2 heterocycles. The summed E-state index contributed by atoms with van der Waals surface area (Å²) in [6.07, 6.45) is 0.685. The highest BCUT2D eigenvalue weighted by atomic mass is 16.5. The molecule has 2 aromatic heterocycles. The van der Waals surface area contributed by atoms with Crippen LogP contribution in [0.5, 0.6) is 0 Å². The first-order valence-corrected chi connectivity index (χ1v) is 10.5. The maximum absolute atomic E-state index is 12.1. The van der Waals surface area contributed by atoms with Gasteiger partial charge in [0.1, 0.15) is 0 Å². The van der Waals surface area contributed by atoms with Crippen molar-refractivity contribution in [3.63, 3.8) is 0 Å². The molecule has 6 nitrogen and oxygen atoms in total. The van der Waals surface area contributed by atoms with E-state index < -0.39 is 0 Å². The fourth-order valence-corrected chi connectivity index (χ4v) is 3.98. The standard InChI is InChI=1S/C25H26N2O4/c1-5-30-24(28)16-7-9-20-18(11-16)14(3)22(26-20)13-23-15(4)19-12-17(25(29)31-6-2)8-10-21(19)27-23/h7-12,26-27H,5-6,13H2,1-4H3. The number of aromatic amines is 2. The number of carbonyl (C=O) groups excluding carboxylic acids is 2. The minimum Gasteiger partial charge on any atom is -0.462 e. The van der Waals surface area contributed by atoms with E-state index in [1.807, 2.05) is 24.3 Å². The summed E-state index contributed by atoms with van der Waals surface area (Å²) in [6, 6.07) is 11.2. The molecule has 4 aromatic rings. The number of aromatic nitrogens is 2. The average molecular weight is 418 g/mol. The van der Waals surface area contributed by atoms with Gasteiger partial charge in [-0.3, -0.25) is 0 Å². The molecule has 6 heteroatoms. The van der Waals surface area contributed by atoms with Gasteiger partial charge in [-0.2, -0.15) is 0 Å². The van der Waals surface area contributed by atoms with E-state index in [1.54, 1.807) is 26.0 Å². The Balaban J connectivity index is 1.68. The number of carbonyl (C=O) groups is 2. The smallest absolute Gasteiger partial charge is 0.338 e. The van der Waals surface area contributed by atoms with Gasteiger partial charge in [0.05, 0.1) is 24.3 Å². The lowest BCUT2D eigenvalue weighted by atomic mass is 10.0. The number of esters is 2. The second-order valence-corrected chi connectivity index (χ2v) is 7.60. The molecule has 0 unspecified atom stereocenters. The maximum atomic E-state index is 12.1. The van der Waals surface area contributed by atoms with Crippen molar-refractivity contribution in [1.82, 2.24) is 9.97 Å². The average Bonchev–Trinajstić information content (AvgIpc) is 3.24. The molecule has 0 saturated heterocycles. The molecule has 0 amide bonds. The Morgan fingerprint density at radius 1 is 0.742 bits per heavy atom. The van der Waals surface area contributed by atoms with E-state index in [-0.39, 0.29) is 11.9 Å². The molecule has 160 valence electrons. The summed E-state index contributed by atoms with van der Waals surface area (Å²) in [4.78, 5) is 31.1. The molecular formula is C25H26N2O4. The number of hydrogen-bond donors (Lipinski definition) is 2. The van der Waals surface area contributed by atoms with Crippen LogP contribution in [0.4, 0.5) is 0 Å².